The van der Waals surface area contributed by atoms with E-state index in [2.05, 4.69) is 9.88 Å². The average molecular weight is 494 g/mol. The molecule has 2 heterocycles. The molecular weight excluding hydrogens is 461 g/mol. The van der Waals surface area contributed by atoms with Crippen molar-refractivity contribution in [3.63, 3.8) is 0 Å². The van der Waals surface area contributed by atoms with Crippen molar-refractivity contribution < 1.29 is 28.3 Å². The van der Waals surface area contributed by atoms with Gasteiger partial charge < -0.3 is 25.1 Å². The van der Waals surface area contributed by atoms with Gasteiger partial charge in [0.15, 0.2) is 11.4 Å². The number of pyridine rings is 1. The number of aromatic nitrogens is 1. The third-order valence-electron chi connectivity index (χ3n) is 6.18. The first-order valence-corrected chi connectivity index (χ1v) is 11.5. The van der Waals surface area contributed by atoms with Gasteiger partial charge in [-0.1, -0.05) is 0 Å². The van der Waals surface area contributed by atoms with Crippen molar-refractivity contribution in [2.75, 3.05) is 45.3 Å². The Hall–Kier alpha value is -2.91. The van der Waals surface area contributed by atoms with Crippen molar-refractivity contribution in [2.45, 2.75) is 38.0 Å². The van der Waals surface area contributed by atoms with Crippen LogP contribution < -0.4 is 20.9 Å². The lowest BCUT2D eigenvalue weighted by molar-refractivity contribution is -0.538. The highest BCUT2D eigenvalue weighted by Crippen LogP contribution is 2.39. The molecule has 1 aromatic heterocycles. The standard InChI is InChI=1S/C24H31F3N6O2/c1-23(34)7-10-33(11-8-23)9-4-12-35-21-6-5-16(13-17(21)24(25,26)27)18-14-19(30-2)22(32(3)29)20(15-28)31-18/h5-6,13-14,34H,4,7-12,29H2,1-3H3,(H,30,31)/p+1. The number of likely N-dealkylation sites (tertiary alicyclic amines) is 1. The predicted octanol–water partition coefficient (Wildman–Crippen LogP) is 2.39. The molecule has 0 atom stereocenters. The summed E-state index contributed by atoms with van der Waals surface area (Å²) in [6.07, 6.45) is -2.71. The van der Waals surface area contributed by atoms with Crippen molar-refractivity contribution in [3.8, 4) is 23.1 Å². The number of benzene rings is 1. The molecule has 11 heteroatoms. The van der Waals surface area contributed by atoms with E-state index in [-0.39, 0.29) is 29.3 Å². The molecule has 0 spiro atoms. The van der Waals surface area contributed by atoms with Crippen LogP contribution >= 0.6 is 0 Å². The Morgan fingerprint density at radius 2 is 2.00 bits per heavy atom. The van der Waals surface area contributed by atoms with E-state index in [1.165, 1.54) is 17.1 Å². The first-order chi connectivity index (χ1) is 16.4. The molecule has 0 amide bonds. The van der Waals surface area contributed by atoms with Gasteiger partial charge in [0.25, 0.3) is 0 Å². The van der Waals surface area contributed by atoms with E-state index in [9.17, 15) is 23.5 Å². The summed E-state index contributed by atoms with van der Waals surface area (Å²) in [7, 11) is 3.31. The zero-order chi connectivity index (χ0) is 25.8. The first-order valence-electron chi connectivity index (χ1n) is 11.5. The van der Waals surface area contributed by atoms with Crippen LogP contribution in [0.4, 0.5) is 24.5 Å². The minimum absolute atomic E-state index is 0.0220. The number of quaternary nitrogens is 1. The zero-order valence-electron chi connectivity index (χ0n) is 20.2. The van der Waals surface area contributed by atoms with Gasteiger partial charge in [-0.25, -0.2) is 10.8 Å². The second kappa shape index (κ2) is 10.8. The number of hydrogen-bond acceptors (Lipinski definition) is 7. The summed E-state index contributed by atoms with van der Waals surface area (Å²) in [5.41, 5.74) is -0.0821. The topological polar surface area (TPSA) is 115 Å². The number of aliphatic hydroxyl groups is 1. The van der Waals surface area contributed by atoms with Gasteiger partial charge in [-0.15, -0.1) is 0 Å². The number of hydrogen-bond donors (Lipinski definition) is 3. The number of piperidine rings is 1. The number of nitrogens with two attached hydrogens (primary N) is 2. The van der Waals surface area contributed by atoms with Crippen molar-refractivity contribution in [1.82, 2.24) is 9.88 Å². The van der Waals surface area contributed by atoms with Crippen LogP contribution in [0.25, 0.3) is 11.3 Å². The van der Waals surface area contributed by atoms with E-state index in [4.69, 9.17) is 10.6 Å². The molecule has 0 aliphatic carbocycles. The minimum Gasteiger partial charge on any atom is -0.493 e. The Balaban J connectivity index is 1.78. The van der Waals surface area contributed by atoms with Crippen LogP contribution in [0.1, 0.15) is 37.4 Å². The Labute approximate surface area is 203 Å². The van der Waals surface area contributed by atoms with Gasteiger partial charge in [-0.05, 0) is 44.4 Å². The van der Waals surface area contributed by atoms with E-state index < -0.39 is 17.3 Å². The van der Waals surface area contributed by atoms with E-state index in [0.717, 1.165) is 19.2 Å². The molecule has 3 rings (SSSR count). The number of nitrogens with zero attached hydrogens (tertiary/aromatic N) is 4. The molecule has 0 radical (unpaired) electrons. The molecule has 8 nitrogen and oxygen atoms in total. The highest BCUT2D eigenvalue weighted by Gasteiger charge is 2.35. The van der Waals surface area contributed by atoms with Crippen LogP contribution in [-0.2, 0) is 6.18 Å². The summed E-state index contributed by atoms with van der Waals surface area (Å²) in [6.45, 7) is 4.15. The molecule has 5 N–H and O–H groups in total. The molecule has 1 saturated heterocycles. The second-order valence-electron chi connectivity index (χ2n) is 9.05. The molecule has 0 saturated carbocycles. The lowest BCUT2D eigenvalue weighted by Crippen LogP contribution is -2.73. The van der Waals surface area contributed by atoms with Gasteiger partial charge in [0.05, 0.1) is 30.5 Å². The molecule has 2 aromatic rings. The molecule has 1 fully saturated rings. The fourth-order valence-corrected chi connectivity index (χ4v) is 4.14. The highest BCUT2D eigenvalue weighted by molar-refractivity contribution is 5.75. The average Bonchev–Trinajstić information content (AvgIpc) is 2.81. The van der Waals surface area contributed by atoms with Gasteiger partial charge in [0.1, 0.15) is 17.5 Å². The van der Waals surface area contributed by atoms with Crippen molar-refractivity contribution in [2.24, 2.45) is 5.84 Å². The SMILES string of the molecule is C[NH2+]c1cc(-c2ccc(OCCCN3CCC(C)(O)CC3)c(C(F)(F)F)c2)nc(C#N)c1N(C)N. The molecule has 1 aliphatic rings. The summed E-state index contributed by atoms with van der Waals surface area (Å²) in [4.78, 5) is 6.43. The molecule has 1 aliphatic heterocycles. The Kier molecular flexibility index (Phi) is 8.22. The zero-order valence-corrected chi connectivity index (χ0v) is 20.2. The molecule has 190 valence electrons. The lowest BCUT2D eigenvalue weighted by atomic mass is 9.94. The first kappa shape index (κ1) is 26.7. The van der Waals surface area contributed by atoms with Crippen LogP contribution in [0, 0.1) is 11.3 Å². The van der Waals surface area contributed by atoms with Gasteiger partial charge >= 0.3 is 6.18 Å². The minimum atomic E-state index is -4.63. The van der Waals surface area contributed by atoms with Crippen LogP contribution in [0.15, 0.2) is 24.3 Å². The highest BCUT2D eigenvalue weighted by atomic mass is 19.4. The van der Waals surface area contributed by atoms with Crippen LogP contribution in [0.5, 0.6) is 5.75 Å². The van der Waals surface area contributed by atoms with Crippen molar-refractivity contribution in [3.05, 3.63) is 35.5 Å². The second-order valence-corrected chi connectivity index (χ2v) is 9.05. The molecule has 0 bridgehead atoms. The van der Waals surface area contributed by atoms with E-state index in [0.29, 0.717) is 37.2 Å². The Morgan fingerprint density at radius 3 is 2.57 bits per heavy atom. The summed E-state index contributed by atoms with van der Waals surface area (Å²) in [5.74, 6) is 5.57. The van der Waals surface area contributed by atoms with Crippen LogP contribution in [0.2, 0.25) is 0 Å². The van der Waals surface area contributed by atoms with Gasteiger partial charge in [-0.2, -0.15) is 18.4 Å². The molecule has 0 unspecified atom stereocenters. The Morgan fingerprint density at radius 1 is 1.31 bits per heavy atom. The number of alkyl halides is 3. The maximum absolute atomic E-state index is 13.9. The number of ether oxygens (including phenoxy) is 1. The Bertz CT molecular complexity index is 1070. The summed E-state index contributed by atoms with van der Waals surface area (Å²) >= 11 is 0. The van der Waals surface area contributed by atoms with E-state index in [1.807, 2.05) is 13.0 Å². The fraction of sp³-hybridized carbons (Fsp3) is 0.500. The maximum atomic E-state index is 13.9. The lowest BCUT2D eigenvalue weighted by Gasteiger charge is -2.35. The molecule has 35 heavy (non-hydrogen) atoms. The summed E-state index contributed by atoms with van der Waals surface area (Å²) < 4.78 is 47.1. The number of hydrazine groups is 1. The third kappa shape index (κ3) is 6.61. The molecular formula is C24H32F3N6O2+. The van der Waals surface area contributed by atoms with Gasteiger partial charge in [0, 0.05) is 38.3 Å². The van der Waals surface area contributed by atoms with Crippen molar-refractivity contribution >= 4 is 11.4 Å². The number of rotatable bonds is 8. The number of halogens is 3. The smallest absolute Gasteiger partial charge is 0.419 e. The third-order valence-corrected chi connectivity index (χ3v) is 6.18. The normalized spacial score (nSPS) is 16.1. The summed E-state index contributed by atoms with van der Waals surface area (Å²) in [5, 5.41) is 22.5. The van der Waals surface area contributed by atoms with E-state index in [1.54, 1.807) is 25.5 Å². The van der Waals surface area contributed by atoms with Gasteiger partial charge in [0.2, 0.25) is 0 Å². The maximum Gasteiger partial charge on any atom is 0.419 e. The fourth-order valence-electron chi connectivity index (χ4n) is 4.14. The van der Waals surface area contributed by atoms with Crippen LogP contribution in [-0.4, -0.2) is 60.9 Å². The van der Waals surface area contributed by atoms with E-state index >= 15 is 0 Å². The summed E-state index contributed by atoms with van der Waals surface area (Å²) in [6, 6.07) is 7.37. The number of anilines is 1. The monoisotopic (exact) mass is 493 g/mol. The predicted molar refractivity (Wildman–Crippen MR) is 126 cm³/mol. The largest absolute Gasteiger partial charge is 0.493 e. The van der Waals surface area contributed by atoms with Gasteiger partial charge in [-0.3, -0.25) is 0 Å². The quantitative estimate of drug-likeness (QED) is 0.294. The molecule has 1 aromatic carbocycles. The van der Waals surface area contributed by atoms with Crippen molar-refractivity contribution in [1.29, 1.82) is 5.26 Å². The number of nitriles is 1. The van der Waals surface area contributed by atoms with Crippen LogP contribution in [0.3, 0.4) is 0 Å².